The number of hydroxylamine groups is 2. The number of primary amides is 1. The topological polar surface area (TPSA) is 254 Å². The number of aromatic nitrogens is 2. The van der Waals surface area contributed by atoms with Gasteiger partial charge in [-0.1, -0.05) is 0 Å². The molecule has 0 radical (unpaired) electrons. The number of rotatable bonds is 9. The highest BCUT2D eigenvalue weighted by Crippen LogP contribution is 2.35. The molecule has 6 unspecified atom stereocenters. The monoisotopic (exact) mass is 599 g/mol. The predicted octanol–water partition coefficient (Wildman–Crippen LogP) is -3.82. The molecule has 42 heavy (non-hydrogen) atoms. The number of hydrogen-bond donors (Lipinski definition) is 6. The second-order valence-corrected chi connectivity index (χ2v) is 9.85. The van der Waals surface area contributed by atoms with Crippen LogP contribution in [0.5, 0.6) is 0 Å². The number of carbonyl (C=O) groups excluding carboxylic acids is 3. The predicted molar refractivity (Wildman–Crippen MR) is 135 cm³/mol. The summed E-state index contributed by atoms with van der Waals surface area (Å²) in [7, 11) is 2.56. The number of nitrogens with two attached hydrogens (primary N) is 1. The number of H-pyrrole nitrogens is 1. The number of carbonyl (C=O) groups is 3. The van der Waals surface area contributed by atoms with Crippen LogP contribution in [0.15, 0.2) is 33.7 Å². The van der Waals surface area contributed by atoms with E-state index in [2.05, 4.69) is 10.3 Å². The first kappa shape index (κ1) is 31.3. The van der Waals surface area contributed by atoms with E-state index in [0.29, 0.717) is 17.9 Å². The van der Waals surface area contributed by atoms with Crippen LogP contribution in [0.3, 0.4) is 0 Å². The molecule has 232 valence electrons. The minimum absolute atomic E-state index is 0.104. The summed E-state index contributed by atoms with van der Waals surface area (Å²) < 4.78 is 29.0. The zero-order valence-electron chi connectivity index (χ0n) is 22.7. The van der Waals surface area contributed by atoms with E-state index in [1.54, 1.807) is 0 Å². The Hall–Kier alpha value is -3.65. The van der Waals surface area contributed by atoms with Gasteiger partial charge in [0.05, 0.1) is 0 Å². The Balaban J connectivity index is 1.54. The fraction of sp³-hybridized carbons (Fsp3) is 0.625. The van der Waals surface area contributed by atoms with Gasteiger partial charge in [-0.05, 0) is 25.3 Å². The average Bonchev–Trinajstić information content (AvgIpc) is 3.24. The normalized spacial score (nSPS) is 32.5. The molecular weight excluding hydrogens is 566 g/mol. The summed E-state index contributed by atoms with van der Waals surface area (Å²) in [4.78, 5) is 63.9. The van der Waals surface area contributed by atoms with Gasteiger partial charge in [-0.25, -0.2) is 9.86 Å². The standard InChI is InChI=1S/C24H33N5O13/c1-38-15-16(41-22(18(15)39-2)28-8-6-13(31)27-24(28)36)17(19(25)33)42-23-14(32)11(30)9-12(40-23)20(34)26-10-5-3-4-7-29(37)21(10)35/h6,8-11,14-18,22-23,30,32,37H,3-5,7H2,1-2H3,(H2,25,33)(H,26,34)(H,27,31,36)/t10?,11?,14?,15?,16-,17?,18?,22+,23+/m0/s1. The number of aliphatic hydroxyl groups is 2. The summed E-state index contributed by atoms with van der Waals surface area (Å²) >= 11 is 0. The first-order valence-corrected chi connectivity index (χ1v) is 13.0. The van der Waals surface area contributed by atoms with Crippen LogP contribution in [0.4, 0.5) is 0 Å². The zero-order chi connectivity index (χ0) is 30.7. The molecule has 2 saturated heterocycles. The van der Waals surface area contributed by atoms with Gasteiger partial charge < -0.3 is 44.9 Å². The molecule has 3 aliphatic heterocycles. The smallest absolute Gasteiger partial charge is 0.330 e. The van der Waals surface area contributed by atoms with Gasteiger partial charge in [-0.2, -0.15) is 0 Å². The molecule has 1 aromatic rings. The largest absolute Gasteiger partial charge is 0.456 e. The third-order valence-electron chi connectivity index (χ3n) is 7.14. The lowest BCUT2D eigenvalue weighted by atomic mass is 10.0. The number of methoxy groups -OCH3 is 2. The van der Waals surface area contributed by atoms with Crippen LogP contribution in [0, 0.1) is 0 Å². The van der Waals surface area contributed by atoms with E-state index in [9.17, 15) is 39.4 Å². The Bertz CT molecular complexity index is 1310. The van der Waals surface area contributed by atoms with Crippen molar-refractivity contribution < 1.29 is 53.5 Å². The molecule has 1 aromatic heterocycles. The number of aromatic amines is 1. The van der Waals surface area contributed by atoms with E-state index in [-0.39, 0.29) is 13.0 Å². The van der Waals surface area contributed by atoms with Gasteiger partial charge in [0, 0.05) is 33.0 Å². The molecule has 0 aliphatic carbocycles. The fourth-order valence-corrected chi connectivity index (χ4v) is 5.00. The highest BCUT2D eigenvalue weighted by molar-refractivity contribution is 5.95. The number of aliphatic hydroxyl groups excluding tert-OH is 2. The summed E-state index contributed by atoms with van der Waals surface area (Å²) in [5, 5.41) is 33.7. The highest BCUT2D eigenvalue weighted by Gasteiger charge is 2.53. The van der Waals surface area contributed by atoms with E-state index in [0.717, 1.165) is 22.9 Å². The van der Waals surface area contributed by atoms with Crippen LogP contribution < -0.4 is 22.3 Å². The molecule has 0 spiro atoms. The number of ether oxygens (including phenoxy) is 5. The molecule has 9 atom stereocenters. The van der Waals surface area contributed by atoms with Gasteiger partial charge in [-0.3, -0.25) is 33.9 Å². The van der Waals surface area contributed by atoms with Crippen molar-refractivity contribution in [3.63, 3.8) is 0 Å². The van der Waals surface area contributed by atoms with Gasteiger partial charge in [0.1, 0.15) is 36.6 Å². The second-order valence-electron chi connectivity index (χ2n) is 9.85. The van der Waals surface area contributed by atoms with Gasteiger partial charge >= 0.3 is 5.69 Å². The zero-order valence-corrected chi connectivity index (χ0v) is 22.7. The lowest BCUT2D eigenvalue weighted by Crippen LogP contribution is -2.54. The van der Waals surface area contributed by atoms with E-state index in [1.807, 2.05) is 0 Å². The lowest BCUT2D eigenvalue weighted by molar-refractivity contribution is -0.241. The van der Waals surface area contributed by atoms with Crippen LogP contribution in [-0.4, -0.2) is 117 Å². The molecular formula is C24H33N5O13. The van der Waals surface area contributed by atoms with Crippen molar-refractivity contribution >= 4 is 17.7 Å². The molecule has 4 heterocycles. The minimum Gasteiger partial charge on any atom is -0.456 e. The molecule has 18 nitrogen and oxygen atoms in total. The van der Waals surface area contributed by atoms with Gasteiger partial charge in [-0.15, -0.1) is 0 Å². The van der Waals surface area contributed by atoms with Gasteiger partial charge in [0.2, 0.25) is 12.2 Å². The third-order valence-corrected chi connectivity index (χ3v) is 7.14. The molecule has 2 fully saturated rings. The highest BCUT2D eigenvalue weighted by atomic mass is 16.7. The molecule has 0 saturated carbocycles. The first-order valence-electron chi connectivity index (χ1n) is 13.0. The first-order chi connectivity index (χ1) is 20.0. The maximum Gasteiger partial charge on any atom is 0.330 e. The van der Waals surface area contributed by atoms with Crippen LogP contribution >= 0.6 is 0 Å². The van der Waals surface area contributed by atoms with Crippen molar-refractivity contribution in [2.45, 2.75) is 74.4 Å². The quantitative estimate of drug-likeness (QED) is 0.149. The molecule has 0 aromatic carbocycles. The summed E-state index contributed by atoms with van der Waals surface area (Å²) in [6, 6.07) is -0.00752. The molecule has 4 rings (SSSR count). The van der Waals surface area contributed by atoms with Crippen molar-refractivity contribution in [3.8, 4) is 0 Å². The van der Waals surface area contributed by atoms with Crippen LogP contribution in [-0.2, 0) is 38.1 Å². The van der Waals surface area contributed by atoms with Crippen LogP contribution in [0.2, 0.25) is 0 Å². The third kappa shape index (κ3) is 6.38. The maximum absolute atomic E-state index is 12.9. The number of nitrogens with zero attached hydrogens (tertiary/aromatic N) is 2. The average molecular weight is 600 g/mol. The van der Waals surface area contributed by atoms with Gasteiger partial charge in [0.15, 0.2) is 18.1 Å². The Morgan fingerprint density at radius 3 is 2.52 bits per heavy atom. The van der Waals surface area contributed by atoms with Crippen LogP contribution in [0.1, 0.15) is 25.5 Å². The van der Waals surface area contributed by atoms with Crippen LogP contribution in [0.25, 0.3) is 0 Å². The molecule has 18 heteroatoms. The maximum atomic E-state index is 12.9. The van der Waals surface area contributed by atoms with Crippen molar-refractivity contribution in [1.29, 1.82) is 0 Å². The summed E-state index contributed by atoms with van der Waals surface area (Å²) in [6.07, 6.45) is -8.50. The minimum atomic E-state index is -1.85. The Labute approximate surface area is 237 Å². The molecule has 3 aliphatic rings. The number of nitrogens with one attached hydrogen (secondary N) is 2. The van der Waals surface area contributed by atoms with E-state index >= 15 is 0 Å². The van der Waals surface area contributed by atoms with E-state index < -0.39 is 89.9 Å². The van der Waals surface area contributed by atoms with E-state index in [4.69, 9.17) is 29.4 Å². The molecule has 3 amide bonds. The van der Waals surface area contributed by atoms with Crippen molar-refractivity contribution in [2.24, 2.45) is 5.73 Å². The van der Waals surface area contributed by atoms with Crippen molar-refractivity contribution in [3.05, 3.63) is 44.9 Å². The molecule has 0 bridgehead atoms. The summed E-state index contributed by atoms with van der Waals surface area (Å²) in [5.74, 6) is -3.34. The second kappa shape index (κ2) is 13.1. The SMILES string of the molecule is COC1C(OC)[C@H](n2ccc(=O)[nH]c2=O)O[C@@H]1C(O[C@H]1OC(C(=O)NC2CCCCN(O)C2=O)=CC(O)C1O)C(N)=O. The number of hydrogen-bond acceptors (Lipinski definition) is 13. The van der Waals surface area contributed by atoms with E-state index in [1.165, 1.54) is 14.2 Å². The Morgan fingerprint density at radius 2 is 1.88 bits per heavy atom. The summed E-state index contributed by atoms with van der Waals surface area (Å²) in [5.41, 5.74) is 4.10. The summed E-state index contributed by atoms with van der Waals surface area (Å²) in [6.45, 7) is 0.104. The van der Waals surface area contributed by atoms with Gasteiger partial charge in [0.25, 0.3) is 17.4 Å². The Kier molecular flexibility index (Phi) is 9.77. The van der Waals surface area contributed by atoms with Crippen molar-refractivity contribution in [1.82, 2.24) is 19.9 Å². The lowest BCUT2D eigenvalue weighted by Gasteiger charge is -2.35. The van der Waals surface area contributed by atoms with Crippen molar-refractivity contribution in [2.75, 3.05) is 20.8 Å². The molecule has 7 N–H and O–H groups in total. The number of amides is 3. The Morgan fingerprint density at radius 1 is 1.17 bits per heavy atom. The fourth-order valence-electron chi connectivity index (χ4n) is 5.00.